The van der Waals surface area contributed by atoms with Crippen LogP contribution in [0.4, 0.5) is 0 Å². The van der Waals surface area contributed by atoms with Gasteiger partial charge in [-0.3, -0.25) is 4.79 Å². The van der Waals surface area contributed by atoms with Gasteiger partial charge in [-0.25, -0.2) is 0 Å². The highest BCUT2D eigenvalue weighted by molar-refractivity contribution is 9.10. The first-order valence-corrected chi connectivity index (χ1v) is 5.80. The molecular formula is C10H20BrNO2. The Kier molecular flexibility index (Phi) is 5.67. The van der Waals surface area contributed by atoms with Gasteiger partial charge in [0.05, 0.1) is 10.4 Å². The molecule has 4 heteroatoms. The van der Waals surface area contributed by atoms with Crippen molar-refractivity contribution in [1.82, 2.24) is 5.32 Å². The summed E-state index contributed by atoms with van der Waals surface area (Å²) < 4.78 is 0. The first-order valence-electron chi connectivity index (χ1n) is 4.89. The minimum Gasteiger partial charge on any atom is -0.388 e. The van der Waals surface area contributed by atoms with E-state index in [1.165, 1.54) is 0 Å². The molecule has 1 amide bonds. The first-order chi connectivity index (χ1) is 6.24. The molecule has 0 aliphatic heterocycles. The van der Waals surface area contributed by atoms with Gasteiger partial charge in [-0.1, -0.05) is 29.8 Å². The van der Waals surface area contributed by atoms with Crippen molar-refractivity contribution in [2.24, 2.45) is 5.92 Å². The van der Waals surface area contributed by atoms with Crippen LogP contribution in [0.5, 0.6) is 0 Å². The van der Waals surface area contributed by atoms with Crippen molar-refractivity contribution in [3.05, 3.63) is 0 Å². The number of halogens is 1. The standard InChI is InChI=1S/C10H20BrNO2/c1-7(2)5-10(4,14)6-12-9(13)8(3)11/h7-8,14H,5-6H2,1-4H3,(H,12,13). The third kappa shape index (κ3) is 6.38. The van der Waals surface area contributed by atoms with Gasteiger partial charge >= 0.3 is 0 Å². The van der Waals surface area contributed by atoms with Gasteiger partial charge in [-0.05, 0) is 26.2 Å². The van der Waals surface area contributed by atoms with Crippen LogP contribution < -0.4 is 5.32 Å². The molecule has 2 unspecified atom stereocenters. The van der Waals surface area contributed by atoms with Gasteiger partial charge in [0.25, 0.3) is 0 Å². The number of nitrogens with one attached hydrogen (secondary N) is 1. The van der Waals surface area contributed by atoms with Crippen molar-refractivity contribution in [3.63, 3.8) is 0 Å². The highest BCUT2D eigenvalue weighted by Crippen LogP contribution is 2.15. The van der Waals surface area contributed by atoms with Crippen LogP contribution in [-0.2, 0) is 4.79 Å². The molecule has 0 saturated carbocycles. The second-order valence-corrected chi connectivity index (χ2v) is 5.80. The van der Waals surface area contributed by atoms with Crippen LogP contribution in [0.25, 0.3) is 0 Å². The second kappa shape index (κ2) is 5.71. The third-order valence-electron chi connectivity index (χ3n) is 1.85. The molecule has 14 heavy (non-hydrogen) atoms. The zero-order valence-electron chi connectivity index (χ0n) is 9.30. The maximum atomic E-state index is 11.2. The Balaban J connectivity index is 3.92. The molecule has 0 fully saturated rings. The fraction of sp³-hybridized carbons (Fsp3) is 0.900. The Hall–Kier alpha value is -0.0900. The van der Waals surface area contributed by atoms with Gasteiger partial charge in [0.2, 0.25) is 5.91 Å². The molecule has 84 valence electrons. The summed E-state index contributed by atoms with van der Waals surface area (Å²) in [6, 6.07) is 0. The van der Waals surface area contributed by atoms with E-state index in [0.29, 0.717) is 18.9 Å². The molecule has 0 aliphatic carbocycles. The van der Waals surface area contributed by atoms with Crippen LogP contribution in [-0.4, -0.2) is 28.0 Å². The molecule has 0 aliphatic rings. The van der Waals surface area contributed by atoms with E-state index in [2.05, 4.69) is 21.2 Å². The summed E-state index contributed by atoms with van der Waals surface area (Å²) in [5, 5.41) is 12.6. The van der Waals surface area contributed by atoms with E-state index in [9.17, 15) is 9.90 Å². The van der Waals surface area contributed by atoms with Gasteiger partial charge in [-0.2, -0.15) is 0 Å². The molecule has 0 aromatic carbocycles. The summed E-state index contributed by atoms with van der Waals surface area (Å²) in [7, 11) is 0. The normalized spacial score (nSPS) is 17.6. The number of hydrogen-bond acceptors (Lipinski definition) is 2. The van der Waals surface area contributed by atoms with Crippen LogP contribution in [0.3, 0.4) is 0 Å². The zero-order valence-corrected chi connectivity index (χ0v) is 10.9. The first kappa shape index (κ1) is 13.9. The third-order valence-corrected chi connectivity index (χ3v) is 2.27. The van der Waals surface area contributed by atoms with Gasteiger partial charge in [0.15, 0.2) is 0 Å². The van der Waals surface area contributed by atoms with Crippen LogP contribution in [0.1, 0.15) is 34.1 Å². The van der Waals surface area contributed by atoms with Gasteiger partial charge in [0.1, 0.15) is 0 Å². The predicted molar refractivity (Wildman–Crippen MR) is 61.5 cm³/mol. The summed E-state index contributed by atoms with van der Waals surface area (Å²) in [6.45, 7) is 7.89. The SMILES string of the molecule is CC(C)CC(C)(O)CNC(=O)C(C)Br. The predicted octanol–water partition coefficient (Wildman–Crippen LogP) is 1.68. The fourth-order valence-electron chi connectivity index (χ4n) is 1.37. The molecule has 2 N–H and O–H groups in total. The van der Waals surface area contributed by atoms with E-state index in [1.807, 2.05) is 13.8 Å². The average Bonchev–Trinajstić information content (AvgIpc) is 1.97. The van der Waals surface area contributed by atoms with Crippen molar-refractivity contribution in [3.8, 4) is 0 Å². The lowest BCUT2D eigenvalue weighted by atomic mass is 9.94. The Bertz CT molecular complexity index is 191. The van der Waals surface area contributed by atoms with Crippen LogP contribution in [0.2, 0.25) is 0 Å². The number of carbonyl (C=O) groups is 1. The quantitative estimate of drug-likeness (QED) is 0.744. The lowest BCUT2D eigenvalue weighted by molar-refractivity contribution is -0.121. The van der Waals surface area contributed by atoms with Crippen molar-refractivity contribution < 1.29 is 9.90 Å². The molecule has 0 saturated heterocycles. The zero-order chi connectivity index (χ0) is 11.4. The molecule has 0 heterocycles. The minimum absolute atomic E-state index is 0.0889. The van der Waals surface area contributed by atoms with Crippen LogP contribution in [0, 0.1) is 5.92 Å². The molecule has 0 rings (SSSR count). The van der Waals surface area contributed by atoms with Gasteiger partial charge in [-0.15, -0.1) is 0 Å². The van der Waals surface area contributed by atoms with Gasteiger partial charge in [0, 0.05) is 6.54 Å². The topological polar surface area (TPSA) is 49.3 Å². The fourth-order valence-corrected chi connectivity index (χ4v) is 1.53. The molecular weight excluding hydrogens is 246 g/mol. The Morgan fingerprint density at radius 2 is 2.00 bits per heavy atom. The summed E-state index contributed by atoms with van der Waals surface area (Å²) >= 11 is 3.16. The number of amides is 1. The Morgan fingerprint density at radius 3 is 2.36 bits per heavy atom. The van der Waals surface area contributed by atoms with E-state index in [1.54, 1.807) is 13.8 Å². The second-order valence-electron chi connectivity index (χ2n) is 4.43. The maximum absolute atomic E-state index is 11.2. The summed E-state index contributed by atoms with van der Waals surface area (Å²) in [4.78, 5) is 11.0. The number of alkyl halides is 1. The molecule has 0 radical (unpaired) electrons. The summed E-state index contributed by atoms with van der Waals surface area (Å²) in [5.41, 5.74) is -0.814. The van der Waals surface area contributed by atoms with Crippen molar-refractivity contribution >= 4 is 21.8 Å². The molecule has 2 atom stereocenters. The molecule has 0 aromatic heterocycles. The molecule has 3 nitrogen and oxygen atoms in total. The van der Waals surface area contributed by atoms with Crippen LogP contribution >= 0.6 is 15.9 Å². The highest BCUT2D eigenvalue weighted by Gasteiger charge is 2.23. The highest BCUT2D eigenvalue weighted by atomic mass is 79.9. The van der Waals surface area contributed by atoms with Crippen molar-refractivity contribution in [2.75, 3.05) is 6.54 Å². The Morgan fingerprint density at radius 1 is 1.50 bits per heavy atom. The lowest BCUT2D eigenvalue weighted by Gasteiger charge is -2.25. The largest absolute Gasteiger partial charge is 0.388 e. The van der Waals surface area contributed by atoms with Crippen molar-refractivity contribution in [1.29, 1.82) is 0 Å². The Labute approximate surface area is 94.4 Å². The molecule has 0 aromatic rings. The van der Waals surface area contributed by atoms with Gasteiger partial charge < -0.3 is 10.4 Å². The number of hydrogen-bond donors (Lipinski definition) is 2. The molecule has 0 spiro atoms. The lowest BCUT2D eigenvalue weighted by Crippen LogP contribution is -2.43. The number of carbonyl (C=O) groups excluding carboxylic acids is 1. The summed E-state index contributed by atoms with van der Waals surface area (Å²) in [5.74, 6) is 0.331. The average molecular weight is 266 g/mol. The molecule has 0 bridgehead atoms. The number of aliphatic hydroxyl groups is 1. The van der Waals surface area contributed by atoms with Crippen molar-refractivity contribution in [2.45, 2.75) is 44.5 Å². The minimum atomic E-state index is -0.814. The monoisotopic (exact) mass is 265 g/mol. The van der Waals surface area contributed by atoms with E-state index in [0.717, 1.165) is 0 Å². The van der Waals surface area contributed by atoms with E-state index < -0.39 is 5.60 Å². The summed E-state index contributed by atoms with van der Waals surface area (Å²) in [6.07, 6.45) is 0.684. The van der Waals surface area contributed by atoms with E-state index in [4.69, 9.17) is 0 Å². The number of rotatable bonds is 5. The van der Waals surface area contributed by atoms with E-state index >= 15 is 0 Å². The van der Waals surface area contributed by atoms with E-state index in [-0.39, 0.29) is 10.7 Å². The maximum Gasteiger partial charge on any atom is 0.233 e. The smallest absolute Gasteiger partial charge is 0.233 e. The van der Waals surface area contributed by atoms with Crippen LogP contribution in [0.15, 0.2) is 0 Å².